The normalized spacial score (nSPS) is 16.5. The van der Waals surface area contributed by atoms with E-state index < -0.39 is 5.54 Å². The quantitative estimate of drug-likeness (QED) is 0.747. The Bertz CT molecular complexity index is 925. The van der Waals surface area contributed by atoms with E-state index in [4.69, 9.17) is 21.9 Å². The second-order valence-electron chi connectivity index (χ2n) is 7.10. The average molecular weight is 373 g/mol. The third kappa shape index (κ3) is 2.91. The number of hydrogen-bond acceptors (Lipinski definition) is 6. The highest BCUT2D eigenvalue weighted by molar-refractivity contribution is 6.32. The summed E-state index contributed by atoms with van der Waals surface area (Å²) >= 11 is 6.34. The second-order valence-corrected chi connectivity index (χ2v) is 7.51. The Morgan fingerprint density at radius 3 is 2.62 bits per heavy atom. The minimum atomic E-state index is -0.506. The monoisotopic (exact) mass is 372 g/mol. The van der Waals surface area contributed by atoms with Crippen molar-refractivity contribution in [3.63, 3.8) is 0 Å². The number of halogens is 1. The maximum atomic E-state index is 6.42. The Morgan fingerprint density at radius 1 is 1.19 bits per heavy atom. The largest absolute Gasteiger partial charge is 0.330 e. The van der Waals surface area contributed by atoms with E-state index in [1.54, 1.807) is 4.68 Å². The first-order valence-corrected chi connectivity index (χ1v) is 9.21. The molecule has 2 heterocycles. The van der Waals surface area contributed by atoms with E-state index >= 15 is 0 Å². The lowest BCUT2D eigenvalue weighted by molar-refractivity contribution is 0.372. The van der Waals surface area contributed by atoms with Gasteiger partial charge >= 0.3 is 0 Å². The van der Waals surface area contributed by atoms with Gasteiger partial charge in [0.05, 0.1) is 16.2 Å². The van der Waals surface area contributed by atoms with Crippen molar-refractivity contribution in [2.45, 2.75) is 51.0 Å². The van der Waals surface area contributed by atoms with Gasteiger partial charge in [-0.3, -0.25) is 0 Å². The van der Waals surface area contributed by atoms with Gasteiger partial charge in [0.1, 0.15) is 5.82 Å². The van der Waals surface area contributed by atoms with Crippen LogP contribution >= 0.6 is 11.6 Å². The number of para-hydroxylation sites is 1. The van der Waals surface area contributed by atoms with Gasteiger partial charge in [-0.2, -0.15) is 4.98 Å². The van der Waals surface area contributed by atoms with Crippen LogP contribution < -0.4 is 5.73 Å². The van der Waals surface area contributed by atoms with Gasteiger partial charge in [0, 0.05) is 5.92 Å². The summed E-state index contributed by atoms with van der Waals surface area (Å²) in [5.74, 6) is 2.12. The topological polar surface area (TPSA) is 95.7 Å². The van der Waals surface area contributed by atoms with Crippen molar-refractivity contribution in [1.29, 1.82) is 0 Å². The molecule has 1 aliphatic carbocycles. The van der Waals surface area contributed by atoms with Gasteiger partial charge in [0.25, 0.3) is 5.89 Å². The van der Waals surface area contributed by atoms with Crippen molar-refractivity contribution in [3.05, 3.63) is 40.9 Å². The van der Waals surface area contributed by atoms with Crippen LogP contribution in [0.4, 0.5) is 0 Å². The summed E-state index contributed by atoms with van der Waals surface area (Å²) in [6.45, 7) is 4.10. The lowest BCUT2D eigenvalue weighted by Gasteiger charge is -2.17. The zero-order valence-electron chi connectivity index (χ0n) is 14.8. The van der Waals surface area contributed by atoms with Gasteiger partial charge in [0.15, 0.2) is 5.82 Å². The highest BCUT2D eigenvalue weighted by Gasteiger charge is 2.36. The molecule has 1 fully saturated rings. The van der Waals surface area contributed by atoms with Crippen molar-refractivity contribution in [2.75, 3.05) is 0 Å². The molecule has 0 amide bonds. The molecule has 0 unspecified atom stereocenters. The molecule has 26 heavy (non-hydrogen) atoms. The number of aromatic nitrogens is 5. The van der Waals surface area contributed by atoms with Crippen LogP contribution in [0.25, 0.3) is 17.4 Å². The molecule has 7 nitrogen and oxygen atoms in total. The summed E-state index contributed by atoms with van der Waals surface area (Å²) < 4.78 is 7.17. The number of rotatable bonds is 4. The number of hydrogen-bond donors (Lipinski definition) is 1. The predicted molar refractivity (Wildman–Crippen MR) is 98.1 cm³/mol. The van der Waals surface area contributed by atoms with Crippen LogP contribution in [0.15, 0.2) is 28.8 Å². The van der Waals surface area contributed by atoms with Crippen LogP contribution in [0.5, 0.6) is 0 Å². The lowest BCUT2D eigenvalue weighted by Crippen LogP contribution is -2.34. The number of benzene rings is 1. The third-order valence-electron chi connectivity index (χ3n) is 4.79. The van der Waals surface area contributed by atoms with Crippen molar-refractivity contribution in [1.82, 2.24) is 24.9 Å². The maximum absolute atomic E-state index is 6.42. The van der Waals surface area contributed by atoms with E-state index in [1.165, 1.54) is 0 Å². The fraction of sp³-hybridized carbons (Fsp3) is 0.444. The molecule has 1 aromatic carbocycles. The molecule has 0 spiro atoms. The molecular weight excluding hydrogens is 352 g/mol. The van der Waals surface area contributed by atoms with Gasteiger partial charge < -0.3 is 10.3 Å². The first kappa shape index (κ1) is 17.2. The summed E-state index contributed by atoms with van der Waals surface area (Å²) in [5.41, 5.74) is 6.68. The number of nitrogens with zero attached hydrogens (tertiary/aromatic N) is 5. The Labute approximate surface area is 156 Å². The molecule has 0 aliphatic heterocycles. The predicted octanol–water partition coefficient (Wildman–Crippen LogP) is 3.82. The molecule has 1 saturated carbocycles. The summed E-state index contributed by atoms with van der Waals surface area (Å²) in [4.78, 5) is 9.11. The molecule has 0 bridgehead atoms. The van der Waals surface area contributed by atoms with E-state index in [1.807, 2.05) is 38.1 Å². The molecule has 0 saturated heterocycles. The van der Waals surface area contributed by atoms with Crippen LogP contribution in [-0.4, -0.2) is 24.9 Å². The van der Waals surface area contributed by atoms with Gasteiger partial charge in [-0.05, 0) is 25.0 Å². The molecule has 2 aromatic heterocycles. The molecule has 0 atom stereocenters. The molecular formula is C18H21ClN6O. The molecule has 8 heteroatoms. The molecule has 136 valence electrons. The lowest BCUT2D eigenvalue weighted by atomic mass is 9.99. The van der Waals surface area contributed by atoms with E-state index in [2.05, 4.69) is 20.2 Å². The smallest absolute Gasteiger partial charge is 0.297 e. The molecule has 4 rings (SSSR count). The summed E-state index contributed by atoms with van der Waals surface area (Å²) in [7, 11) is 0. The van der Waals surface area contributed by atoms with Crippen LogP contribution in [0.2, 0.25) is 5.02 Å². The minimum absolute atomic E-state index is 0.144. The van der Waals surface area contributed by atoms with Crippen molar-refractivity contribution in [3.8, 4) is 17.4 Å². The van der Waals surface area contributed by atoms with Crippen molar-refractivity contribution >= 4 is 11.6 Å². The highest BCUT2D eigenvalue weighted by Crippen LogP contribution is 2.35. The SMILES string of the molecule is CC(C)c1nc(-c2nc(C3(N)CCCC3)no2)nn1-c1ccccc1Cl. The van der Waals surface area contributed by atoms with Gasteiger partial charge in [0.2, 0.25) is 5.82 Å². The first-order valence-electron chi connectivity index (χ1n) is 8.83. The van der Waals surface area contributed by atoms with E-state index in [0.717, 1.165) is 37.2 Å². The Balaban J connectivity index is 1.76. The molecule has 3 aromatic rings. The third-order valence-corrected chi connectivity index (χ3v) is 5.11. The van der Waals surface area contributed by atoms with E-state index in [0.29, 0.717) is 16.7 Å². The van der Waals surface area contributed by atoms with Crippen molar-refractivity contribution in [2.24, 2.45) is 5.73 Å². The second kappa shape index (κ2) is 6.48. The average Bonchev–Trinajstić information content (AvgIpc) is 3.34. The van der Waals surface area contributed by atoms with E-state index in [9.17, 15) is 0 Å². The summed E-state index contributed by atoms with van der Waals surface area (Å²) in [6, 6.07) is 7.52. The molecule has 2 N–H and O–H groups in total. The fourth-order valence-electron chi connectivity index (χ4n) is 3.34. The van der Waals surface area contributed by atoms with E-state index in [-0.39, 0.29) is 11.8 Å². The van der Waals surface area contributed by atoms with Crippen LogP contribution in [-0.2, 0) is 5.54 Å². The summed E-state index contributed by atoms with van der Waals surface area (Å²) in [6.07, 6.45) is 3.89. The van der Waals surface area contributed by atoms with Crippen LogP contribution in [0.3, 0.4) is 0 Å². The Morgan fingerprint density at radius 2 is 1.92 bits per heavy atom. The van der Waals surface area contributed by atoms with Gasteiger partial charge in [-0.15, -0.1) is 5.10 Å². The summed E-state index contributed by atoms with van der Waals surface area (Å²) in [5, 5.41) is 9.27. The van der Waals surface area contributed by atoms with Gasteiger partial charge in [-0.25, -0.2) is 9.67 Å². The fourth-order valence-corrected chi connectivity index (χ4v) is 3.55. The molecule has 0 radical (unpaired) electrons. The number of nitrogens with two attached hydrogens (primary N) is 1. The highest BCUT2D eigenvalue weighted by atomic mass is 35.5. The zero-order chi connectivity index (χ0) is 18.3. The van der Waals surface area contributed by atoms with Crippen LogP contribution in [0, 0.1) is 0 Å². The Hall–Kier alpha value is -2.25. The molecule has 1 aliphatic rings. The van der Waals surface area contributed by atoms with Crippen molar-refractivity contribution < 1.29 is 4.52 Å². The first-order chi connectivity index (χ1) is 12.5. The minimum Gasteiger partial charge on any atom is -0.330 e. The Kier molecular flexibility index (Phi) is 4.28. The van der Waals surface area contributed by atoms with Crippen LogP contribution in [0.1, 0.15) is 57.1 Å². The van der Waals surface area contributed by atoms with Gasteiger partial charge in [-0.1, -0.05) is 55.6 Å². The standard InChI is InChI=1S/C18H21ClN6O/c1-11(2)15-21-14(23-25(15)13-8-4-3-7-12(13)19)16-22-17(24-26-16)18(20)9-5-6-10-18/h3-4,7-8,11H,5-6,9-10,20H2,1-2H3. The maximum Gasteiger partial charge on any atom is 0.297 e. The zero-order valence-corrected chi connectivity index (χ0v) is 15.6.